The van der Waals surface area contributed by atoms with E-state index in [-0.39, 0.29) is 29.4 Å². The molecule has 0 aliphatic carbocycles. The number of amides is 1. The lowest BCUT2D eigenvalue weighted by molar-refractivity contribution is -0.0426. The Balaban J connectivity index is 2.24. The third kappa shape index (κ3) is 2.64. The van der Waals surface area contributed by atoms with Crippen molar-refractivity contribution in [3.05, 3.63) is 23.8 Å². The first-order valence-electron chi connectivity index (χ1n) is 6.18. The zero-order chi connectivity index (χ0) is 14.0. The van der Waals surface area contributed by atoms with Gasteiger partial charge in [0, 0.05) is 13.1 Å². The van der Waals surface area contributed by atoms with Gasteiger partial charge in [0.2, 0.25) is 0 Å². The quantitative estimate of drug-likeness (QED) is 0.668. The van der Waals surface area contributed by atoms with E-state index in [0.717, 1.165) is 0 Å². The van der Waals surface area contributed by atoms with Gasteiger partial charge in [-0.3, -0.25) is 4.79 Å². The second-order valence-corrected chi connectivity index (χ2v) is 4.67. The Morgan fingerprint density at radius 2 is 2.26 bits per heavy atom. The summed E-state index contributed by atoms with van der Waals surface area (Å²) in [7, 11) is 0. The fraction of sp³-hybridized carbons (Fsp3) is 0.462. The number of phenols is 2. The van der Waals surface area contributed by atoms with Crippen LogP contribution in [0.5, 0.6) is 11.5 Å². The number of benzene rings is 1. The van der Waals surface area contributed by atoms with Crippen molar-refractivity contribution >= 4 is 5.91 Å². The second kappa shape index (κ2) is 5.46. The van der Waals surface area contributed by atoms with E-state index in [4.69, 9.17) is 10.5 Å². The molecule has 1 heterocycles. The Kier molecular flexibility index (Phi) is 3.92. The van der Waals surface area contributed by atoms with Gasteiger partial charge in [0.05, 0.1) is 24.3 Å². The van der Waals surface area contributed by atoms with Gasteiger partial charge < -0.3 is 25.6 Å². The first-order valence-corrected chi connectivity index (χ1v) is 6.18. The topological polar surface area (TPSA) is 96.0 Å². The minimum absolute atomic E-state index is 0.0875. The number of ether oxygens (including phenoxy) is 1. The molecule has 0 saturated carbocycles. The van der Waals surface area contributed by atoms with Crippen molar-refractivity contribution in [3.8, 4) is 11.5 Å². The number of carbonyl (C=O) groups is 1. The summed E-state index contributed by atoms with van der Waals surface area (Å²) < 4.78 is 5.48. The van der Waals surface area contributed by atoms with Gasteiger partial charge in [-0.15, -0.1) is 0 Å². The van der Waals surface area contributed by atoms with Gasteiger partial charge in [0.25, 0.3) is 5.91 Å². The molecule has 0 bridgehead atoms. The number of rotatable bonds is 2. The molecule has 19 heavy (non-hydrogen) atoms. The van der Waals surface area contributed by atoms with Crippen molar-refractivity contribution in [1.29, 1.82) is 0 Å². The van der Waals surface area contributed by atoms with Crippen molar-refractivity contribution in [2.45, 2.75) is 19.1 Å². The summed E-state index contributed by atoms with van der Waals surface area (Å²) >= 11 is 0. The van der Waals surface area contributed by atoms with Crippen LogP contribution in [0.3, 0.4) is 0 Å². The minimum Gasteiger partial charge on any atom is -0.504 e. The van der Waals surface area contributed by atoms with Crippen LogP contribution in [0.4, 0.5) is 0 Å². The lowest BCUT2D eigenvalue weighted by Crippen LogP contribution is -2.52. The number of nitrogens with zero attached hydrogens (tertiary/aromatic N) is 1. The molecule has 2 unspecified atom stereocenters. The molecule has 2 rings (SSSR count). The summed E-state index contributed by atoms with van der Waals surface area (Å²) in [5.41, 5.74) is 5.64. The smallest absolute Gasteiger partial charge is 0.258 e. The van der Waals surface area contributed by atoms with Gasteiger partial charge in [-0.25, -0.2) is 0 Å². The third-order valence-corrected chi connectivity index (χ3v) is 3.27. The summed E-state index contributed by atoms with van der Waals surface area (Å²) in [5, 5.41) is 19.2. The van der Waals surface area contributed by atoms with Crippen LogP contribution in [0.15, 0.2) is 18.2 Å². The highest BCUT2D eigenvalue weighted by Gasteiger charge is 2.31. The van der Waals surface area contributed by atoms with E-state index in [1.165, 1.54) is 18.2 Å². The second-order valence-electron chi connectivity index (χ2n) is 4.67. The van der Waals surface area contributed by atoms with Crippen LogP contribution in [-0.4, -0.2) is 52.9 Å². The Hall–Kier alpha value is -1.79. The number of nitrogens with two attached hydrogens (primary N) is 1. The van der Waals surface area contributed by atoms with Crippen LogP contribution < -0.4 is 5.73 Å². The Morgan fingerprint density at radius 1 is 1.53 bits per heavy atom. The van der Waals surface area contributed by atoms with Crippen LogP contribution in [0, 0.1) is 0 Å². The largest absolute Gasteiger partial charge is 0.504 e. The van der Waals surface area contributed by atoms with E-state index in [2.05, 4.69) is 0 Å². The summed E-state index contributed by atoms with van der Waals surface area (Å²) in [6.45, 7) is 2.99. The normalized spacial score (nSPS) is 23.4. The van der Waals surface area contributed by atoms with Gasteiger partial charge in [-0.1, -0.05) is 6.07 Å². The first kappa shape index (κ1) is 13.6. The number of morpholine rings is 1. The molecule has 0 aromatic heterocycles. The lowest BCUT2D eigenvalue weighted by atomic mass is 10.1. The summed E-state index contributed by atoms with van der Waals surface area (Å²) in [5.74, 6) is -1.03. The maximum atomic E-state index is 12.4. The summed E-state index contributed by atoms with van der Waals surface area (Å²) in [6.07, 6.45) is -0.195. The van der Waals surface area contributed by atoms with E-state index in [1.807, 2.05) is 6.92 Å². The molecule has 1 saturated heterocycles. The maximum absolute atomic E-state index is 12.4. The molecule has 6 heteroatoms. The van der Waals surface area contributed by atoms with Crippen LogP contribution in [0.2, 0.25) is 0 Å². The van der Waals surface area contributed by atoms with Crippen LogP contribution in [-0.2, 0) is 4.74 Å². The molecule has 1 amide bonds. The van der Waals surface area contributed by atoms with Gasteiger partial charge >= 0.3 is 0 Å². The Bertz CT molecular complexity index is 478. The molecular formula is C13H18N2O4. The van der Waals surface area contributed by atoms with Crippen LogP contribution >= 0.6 is 0 Å². The zero-order valence-corrected chi connectivity index (χ0v) is 10.7. The van der Waals surface area contributed by atoms with Crippen LogP contribution in [0.1, 0.15) is 17.3 Å². The number of hydrogen-bond donors (Lipinski definition) is 3. The first-order chi connectivity index (χ1) is 9.04. The van der Waals surface area contributed by atoms with Gasteiger partial charge in [0.1, 0.15) is 0 Å². The molecule has 1 aliphatic heterocycles. The molecule has 2 atom stereocenters. The molecule has 104 valence electrons. The fourth-order valence-corrected chi connectivity index (χ4v) is 2.10. The molecule has 1 aromatic carbocycles. The predicted octanol–water partition coefficient (Wildman–Crippen LogP) is 0.286. The molecule has 4 N–H and O–H groups in total. The van der Waals surface area contributed by atoms with Crippen molar-refractivity contribution in [1.82, 2.24) is 4.90 Å². The summed E-state index contributed by atoms with van der Waals surface area (Å²) in [4.78, 5) is 14.0. The van der Waals surface area contributed by atoms with Crippen molar-refractivity contribution in [2.75, 3.05) is 19.7 Å². The maximum Gasteiger partial charge on any atom is 0.258 e. The van der Waals surface area contributed by atoms with Crippen molar-refractivity contribution in [2.24, 2.45) is 5.73 Å². The molecule has 0 spiro atoms. The highest BCUT2D eigenvalue weighted by molar-refractivity contribution is 5.97. The number of hydrogen-bond acceptors (Lipinski definition) is 5. The highest BCUT2D eigenvalue weighted by Crippen LogP contribution is 2.30. The Morgan fingerprint density at radius 3 is 2.95 bits per heavy atom. The van der Waals surface area contributed by atoms with Crippen molar-refractivity contribution < 1.29 is 19.7 Å². The van der Waals surface area contributed by atoms with E-state index >= 15 is 0 Å². The average Bonchev–Trinajstić information content (AvgIpc) is 2.42. The fourth-order valence-electron chi connectivity index (χ4n) is 2.10. The lowest BCUT2D eigenvalue weighted by Gasteiger charge is -2.37. The molecule has 6 nitrogen and oxygen atoms in total. The van der Waals surface area contributed by atoms with E-state index in [0.29, 0.717) is 19.7 Å². The van der Waals surface area contributed by atoms with Crippen molar-refractivity contribution in [3.63, 3.8) is 0 Å². The Labute approximate surface area is 111 Å². The minimum atomic E-state index is -0.393. The summed E-state index contributed by atoms with van der Waals surface area (Å²) in [6, 6.07) is 4.24. The van der Waals surface area contributed by atoms with E-state index in [1.54, 1.807) is 4.90 Å². The highest BCUT2D eigenvalue weighted by atomic mass is 16.5. The molecule has 1 aliphatic rings. The van der Waals surface area contributed by atoms with E-state index in [9.17, 15) is 15.0 Å². The predicted molar refractivity (Wildman–Crippen MR) is 69.1 cm³/mol. The number of para-hydroxylation sites is 1. The average molecular weight is 266 g/mol. The van der Waals surface area contributed by atoms with E-state index < -0.39 is 5.75 Å². The monoisotopic (exact) mass is 266 g/mol. The van der Waals surface area contributed by atoms with Gasteiger partial charge in [0.15, 0.2) is 11.5 Å². The molecular weight excluding hydrogens is 248 g/mol. The van der Waals surface area contributed by atoms with Gasteiger partial charge in [-0.05, 0) is 19.1 Å². The SMILES string of the molecule is CC1COC(CN)CN1C(=O)c1cccc(O)c1O. The molecule has 1 fully saturated rings. The molecule has 1 aromatic rings. The zero-order valence-electron chi connectivity index (χ0n) is 10.7. The standard InChI is InChI=1S/C13H18N2O4/c1-8-7-19-9(5-14)6-15(8)13(18)10-3-2-4-11(16)12(10)17/h2-4,8-9,16-17H,5-7,14H2,1H3. The van der Waals surface area contributed by atoms with Crippen LogP contribution in [0.25, 0.3) is 0 Å². The van der Waals surface area contributed by atoms with Gasteiger partial charge in [-0.2, -0.15) is 0 Å². The number of phenolic OH excluding ortho intramolecular Hbond substituents is 2. The molecule has 0 radical (unpaired) electrons. The third-order valence-electron chi connectivity index (χ3n) is 3.27. The number of carbonyl (C=O) groups excluding carboxylic acids is 1. The number of aromatic hydroxyl groups is 2.